The number of hydrogen-bond donors (Lipinski definition) is 2. The van der Waals surface area contributed by atoms with E-state index in [0.717, 1.165) is 0 Å². The fraction of sp³-hybridized carbons (Fsp3) is 0.417. The summed E-state index contributed by atoms with van der Waals surface area (Å²) >= 11 is 0. The first-order valence-corrected chi connectivity index (χ1v) is 5.44. The molecule has 0 aliphatic carbocycles. The van der Waals surface area contributed by atoms with Crippen LogP contribution in [0.15, 0.2) is 18.2 Å². The number of ether oxygens (including phenoxy) is 2. The normalized spacial score (nSPS) is 9.76. The lowest BCUT2D eigenvalue weighted by molar-refractivity contribution is -0.120. The Bertz CT molecular complexity index is 380. The molecule has 0 saturated carbocycles. The van der Waals surface area contributed by atoms with Crippen LogP contribution in [0.4, 0.5) is 5.69 Å². The fourth-order valence-corrected chi connectivity index (χ4v) is 1.31. The van der Waals surface area contributed by atoms with Crippen LogP contribution in [0.5, 0.6) is 11.5 Å². The molecule has 0 bridgehead atoms. The van der Waals surface area contributed by atoms with Crippen LogP contribution in [0.25, 0.3) is 0 Å². The van der Waals surface area contributed by atoms with E-state index in [9.17, 15) is 4.79 Å². The topological polar surface area (TPSA) is 73.6 Å². The Morgan fingerprint density at radius 3 is 2.88 bits per heavy atom. The van der Waals surface area contributed by atoms with Crippen molar-refractivity contribution >= 4 is 11.6 Å². The van der Waals surface area contributed by atoms with E-state index in [1.807, 2.05) is 0 Å². The number of nitrogens with two attached hydrogens (primary N) is 1. The molecule has 1 amide bonds. The molecule has 0 atom stereocenters. The van der Waals surface area contributed by atoms with E-state index in [2.05, 4.69) is 5.32 Å². The van der Waals surface area contributed by atoms with Gasteiger partial charge in [0.05, 0.1) is 19.4 Å². The van der Waals surface area contributed by atoms with Crippen molar-refractivity contribution in [2.75, 3.05) is 26.5 Å². The Hall–Kier alpha value is -1.91. The third-order valence-electron chi connectivity index (χ3n) is 2.31. The molecule has 17 heavy (non-hydrogen) atoms. The third-order valence-corrected chi connectivity index (χ3v) is 2.31. The van der Waals surface area contributed by atoms with E-state index < -0.39 is 0 Å². The molecule has 1 aromatic carbocycles. The van der Waals surface area contributed by atoms with Crippen LogP contribution in [0.1, 0.15) is 12.8 Å². The first-order chi connectivity index (χ1) is 8.17. The van der Waals surface area contributed by atoms with E-state index in [1.54, 1.807) is 32.4 Å². The smallest absolute Gasteiger partial charge is 0.219 e. The minimum Gasteiger partial charge on any atom is -0.497 e. The van der Waals surface area contributed by atoms with Crippen molar-refractivity contribution in [2.24, 2.45) is 0 Å². The lowest BCUT2D eigenvalue weighted by Crippen LogP contribution is -2.18. The Morgan fingerprint density at radius 1 is 1.47 bits per heavy atom. The molecule has 0 aromatic heterocycles. The van der Waals surface area contributed by atoms with Gasteiger partial charge in [0.25, 0.3) is 0 Å². The number of amides is 1. The first kappa shape index (κ1) is 13.2. The summed E-state index contributed by atoms with van der Waals surface area (Å²) in [6, 6.07) is 5.23. The molecule has 0 aliphatic heterocycles. The maximum Gasteiger partial charge on any atom is 0.219 e. The van der Waals surface area contributed by atoms with Gasteiger partial charge in [-0.15, -0.1) is 0 Å². The summed E-state index contributed by atoms with van der Waals surface area (Å²) in [6.45, 7) is 0.449. The van der Waals surface area contributed by atoms with E-state index >= 15 is 0 Å². The Kier molecular flexibility index (Phi) is 5.13. The number of anilines is 1. The molecule has 0 heterocycles. The van der Waals surface area contributed by atoms with Crippen molar-refractivity contribution in [3.8, 4) is 11.5 Å². The second kappa shape index (κ2) is 6.62. The highest BCUT2D eigenvalue weighted by Crippen LogP contribution is 2.26. The summed E-state index contributed by atoms with van der Waals surface area (Å²) in [7, 11) is 3.20. The molecule has 0 saturated heterocycles. The van der Waals surface area contributed by atoms with Gasteiger partial charge in [0, 0.05) is 19.5 Å². The predicted molar refractivity (Wildman–Crippen MR) is 66.2 cm³/mol. The molecule has 3 N–H and O–H groups in total. The number of hydrogen-bond acceptors (Lipinski definition) is 4. The van der Waals surface area contributed by atoms with Gasteiger partial charge in [-0.2, -0.15) is 0 Å². The SMILES string of the molecule is CNC(=O)CCCOc1cc(OC)ccc1N. The van der Waals surface area contributed by atoms with Crippen LogP contribution in [0.3, 0.4) is 0 Å². The zero-order valence-corrected chi connectivity index (χ0v) is 10.2. The monoisotopic (exact) mass is 238 g/mol. The minimum absolute atomic E-state index is 0.00668. The molecule has 5 nitrogen and oxygen atoms in total. The number of carbonyl (C=O) groups excluding carboxylic acids is 1. The summed E-state index contributed by atoms with van der Waals surface area (Å²) in [4.78, 5) is 11.0. The average molecular weight is 238 g/mol. The highest BCUT2D eigenvalue weighted by atomic mass is 16.5. The van der Waals surface area contributed by atoms with E-state index in [0.29, 0.717) is 36.6 Å². The van der Waals surface area contributed by atoms with Crippen LogP contribution in [-0.2, 0) is 4.79 Å². The Morgan fingerprint density at radius 2 is 2.24 bits per heavy atom. The maximum absolute atomic E-state index is 11.0. The molecule has 0 aliphatic rings. The Labute approximate surface area is 101 Å². The van der Waals surface area contributed by atoms with Crippen LogP contribution >= 0.6 is 0 Å². The number of carbonyl (C=O) groups is 1. The highest BCUT2D eigenvalue weighted by Gasteiger charge is 2.03. The largest absolute Gasteiger partial charge is 0.497 e. The molecule has 5 heteroatoms. The Balaban J connectivity index is 2.43. The predicted octanol–water partition coefficient (Wildman–Crippen LogP) is 1.18. The van der Waals surface area contributed by atoms with Gasteiger partial charge in [-0.05, 0) is 18.6 Å². The van der Waals surface area contributed by atoms with Crippen LogP contribution < -0.4 is 20.5 Å². The van der Waals surface area contributed by atoms with Crippen molar-refractivity contribution in [1.29, 1.82) is 0 Å². The van der Waals surface area contributed by atoms with Gasteiger partial charge < -0.3 is 20.5 Å². The summed E-state index contributed by atoms with van der Waals surface area (Å²) in [5, 5.41) is 2.55. The molecular formula is C12H18N2O3. The quantitative estimate of drug-likeness (QED) is 0.576. The zero-order chi connectivity index (χ0) is 12.7. The first-order valence-electron chi connectivity index (χ1n) is 5.44. The maximum atomic E-state index is 11.0. The van der Waals surface area contributed by atoms with E-state index in [1.165, 1.54) is 0 Å². The molecular weight excluding hydrogens is 220 g/mol. The lowest BCUT2D eigenvalue weighted by Gasteiger charge is -2.10. The standard InChI is InChI=1S/C12H18N2O3/c1-14-12(15)4-3-7-17-11-8-9(16-2)5-6-10(11)13/h5-6,8H,3-4,7,13H2,1-2H3,(H,14,15). The summed E-state index contributed by atoms with van der Waals surface area (Å²) < 4.78 is 10.6. The summed E-state index contributed by atoms with van der Waals surface area (Å²) in [5.41, 5.74) is 6.31. The van der Waals surface area contributed by atoms with Gasteiger partial charge in [-0.25, -0.2) is 0 Å². The van der Waals surface area contributed by atoms with Gasteiger partial charge >= 0.3 is 0 Å². The van der Waals surface area contributed by atoms with Gasteiger partial charge in [0.15, 0.2) is 0 Å². The van der Waals surface area contributed by atoms with Crippen LogP contribution in [0.2, 0.25) is 0 Å². The van der Waals surface area contributed by atoms with Crippen molar-refractivity contribution in [2.45, 2.75) is 12.8 Å². The third kappa shape index (κ3) is 4.22. The van der Waals surface area contributed by atoms with Crippen molar-refractivity contribution in [1.82, 2.24) is 5.32 Å². The van der Waals surface area contributed by atoms with Crippen molar-refractivity contribution in [3.05, 3.63) is 18.2 Å². The van der Waals surface area contributed by atoms with Crippen LogP contribution in [0, 0.1) is 0 Å². The van der Waals surface area contributed by atoms with Crippen molar-refractivity contribution in [3.63, 3.8) is 0 Å². The highest BCUT2D eigenvalue weighted by molar-refractivity contribution is 5.75. The van der Waals surface area contributed by atoms with Gasteiger partial charge in [0.1, 0.15) is 11.5 Å². The van der Waals surface area contributed by atoms with Gasteiger partial charge in [-0.3, -0.25) is 4.79 Å². The summed E-state index contributed by atoms with van der Waals surface area (Å²) in [6.07, 6.45) is 1.09. The molecule has 94 valence electrons. The molecule has 0 fully saturated rings. The molecule has 0 radical (unpaired) electrons. The second-order valence-electron chi connectivity index (χ2n) is 3.53. The number of nitrogens with one attached hydrogen (secondary N) is 1. The summed E-state index contributed by atoms with van der Waals surface area (Å²) in [5.74, 6) is 1.29. The number of methoxy groups -OCH3 is 1. The van der Waals surface area contributed by atoms with E-state index in [-0.39, 0.29) is 5.91 Å². The van der Waals surface area contributed by atoms with Gasteiger partial charge in [-0.1, -0.05) is 0 Å². The number of nitrogen functional groups attached to an aromatic ring is 1. The second-order valence-corrected chi connectivity index (χ2v) is 3.53. The number of benzene rings is 1. The molecule has 1 rings (SSSR count). The average Bonchev–Trinajstić information content (AvgIpc) is 2.36. The molecule has 0 unspecified atom stereocenters. The van der Waals surface area contributed by atoms with Crippen LogP contribution in [-0.4, -0.2) is 26.7 Å². The number of rotatable bonds is 6. The van der Waals surface area contributed by atoms with Gasteiger partial charge in [0.2, 0.25) is 5.91 Å². The lowest BCUT2D eigenvalue weighted by atomic mass is 10.2. The molecule has 0 spiro atoms. The fourth-order valence-electron chi connectivity index (χ4n) is 1.31. The molecule has 1 aromatic rings. The zero-order valence-electron chi connectivity index (χ0n) is 10.2. The minimum atomic E-state index is 0.00668. The van der Waals surface area contributed by atoms with E-state index in [4.69, 9.17) is 15.2 Å². The van der Waals surface area contributed by atoms with Crippen molar-refractivity contribution < 1.29 is 14.3 Å².